The average Bonchev–Trinajstić information content (AvgIpc) is 3.11. The van der Waals surface area contributed by atoms with Crippen LogP contribution in [0, 0.1) is 0 Å². The smallest absolute Gasteiger partial charge is 0.101 e. The highest BCUT2D eigenvalue weighted by Gasteiger charge is 2.20. The molecule has 16 heavy (non-hydrogen) atoms. The molecule has 0 bridgehead atoms. The number of nitrogens with one attached hydrogen (secondary N) is 1. The third kappa shape index (κ3) is 3.49. The molecule has 1 fully saturated rings. The fourth-order valence-electron chi connectivity index (χ4n) is 1.48. The van der Waals surface area contributed by atoms with Gasteiger partial charge in [0.1, 0.15) is 5.03 Å². The molecule has 0 aliphatic heterocycles. The molecule has 0 aromatic carbocycles. The van der Waals surface area contributed by atoms with Gasteiger partial charge in [-0.25, -0.2) is 4.98 Å². The molecule has 1 aliphatic rings. The van der Waals surface area contributed by atoms with Gasteiger partial charge in [0.2, 0.25) is 0 Å². The quantitative estimate of drug-likeness (QED) is 0.768. The van der Waals surface area contributed by atoms with E-state index in [1.54, 1.807) is 0 Å². The second-order valence-electron chi connectivity index (χ2n) is 4.46. The third-order valence-corrected chi connectivity index (χ3v) is 4.22. The van der Waals surface area contributed by atoms with Crippen LogP contribution in [0.3, 0.4) is 0 Å². The van der Waals surface area contributed by atoms with E-state index in [1.165, 1.54) is 29.9 Å². The molecule has 1 unspecified atom stereocenters. The van der Waals surface area contributed by atoms with Crippen molar-refractivity contribution < 1.29 is 0 Å². The van der Waals surface area contributed by atoms with Gasteiger partial charge in [-0.1, -0.05) is 19.9 Å². The van der Waals surface area contributed by atoms with Gasteiger partial charge in [-0.3, -0.25) is 0 Å². The highest BCUT2D eigenvalue weighted by Crippen LogP contribution is 2.27. The molecule has 1 aromatic heterocycles. The zero-order chi connectivity index (χ0) is 11.4. The molecule has 1 aliphatic carbocycles. The first-order valence-electron chi connectivity index (χ1n) is 6.13. The lowest BCUT2D eigenvalue weighted by molar-refractivity contribution is 0.675. The zero-order valence-electron chi connectivity index (χ0n) is 10.1. The van der Waals surface area contributed by atoms with Gasteiger partial charge in [0.25, 0.3) is 0 Å². The van der Waals surface area contributed by atoms with Gasteiger partial charge < -0.3 is 5.32 Å². The van der Waals surface area contributed by atoms with Gasteiger partial charge in [0.05, 0.1) is 0 Å². The maximum Gasteiger partial charge on any atom is 0.101 e. The Kier molecular flexibility index (Phi) is 4.24. The van der Waals surface area contributed by atoms with Crippen molar-refractivity contribution in [3.63, 3.8) is 0 Å². The van der Waals surface area contributed by atoms with Crippen LogP contribution in [0.1, 0.15) is 38.7 Å². The lowest BCUT2D eigenvalue weighted by Gasteiger charge is -2.12. The molecule has 2 rings (SSSR count). The Labute approximate surface area is 102 Å². The molecule has 0 spiro atoms. The monoisotopic (exact) mass is 236 g/mol. The van der Waals surface area contributed by atoms with Crippen LogP contribution in [0.2, 0.25) is 0 Å². The largest absolute Gasteiger partial charge is 0.310 e. The number of hydrogen-bond acceptors (Lipinski definition) is 3. The fourth-order valence-corrected chi connectivity index (χ4v) is 2.44. The van der Waals surface area contributed by atoms with Crippen LogP contribution in [0.25, 0.3) is 0 Å². The van der Waals surface area contributed by atoms with Crippen LogP contribution in [0.15, 0.2) is 23.4 Å². The van der Waals surface area contributed by atoms with E-state index in [-0.39, 0.29) is 0 Å². The number of hydrogen-bond donors (Lipinski definition) is 1. The van der Waals surface area contributed by atoms with E-state index >= 15 is 0 Å². The minimum atomic E-state index is 0.648. The minimum absolute atomic E-state index is 0.648. The highest BCUT2D eigenvalue weighted by molar-refractivity contribution is 7.99. The van der Waals surface area contributed by atoms with Gasteiger partial charge in [0.15, 0.2) is 0 Å². The summed E-state index contributed by atoms with van der Waals surface area (Å²) in [7, 11) is 0. The fraction of sp³-hybridized carbons (Fsp3) is 0.615. The van der Waals surface area contributed by atoms with E-state index in [0.29, 0.717) is 5.25 Å². The maximum atomic E-state index is 4.49. The molecule has 1 aromatic rings. The van der Waals surface area contributed by atoms with Crippen LogP contribution < -0.4 is 5.32 Å². The summed E-state index contributed by atoms with van der Waals surface area (Å²) < 4.78 is 0. The number of thioether (sulfide) groups is 1. The molecule has 3 heteroatoms. The van der Waals surface area contributed by atoms with Crippen LogP contribution in [0.5, 0.6) is 0 Å². The van der Waals surface area contributed by atoms with Gasteiger partial charge >= 0.3 is 0 Å². The van der Waals surface area contributed by atoms with E-state index in [1.807, 2.05) is 24.0 Å². The SMILES string of the molecule is CCC(C)Sc1ncccc1CNC1CC1. The van der Waals surface area contributed by atoms with E-state index in [2.05, 4.69) is 30.2 Å². The third-order valence-electron chi connectivity index (χ3n) is 2.90. The Bertz CT molecular complexity index is 336. The van der Waals surface area contributed by atoms with Crippen molar-refractivity contribution in [2.24, 2.45) is 0 Å². The molecule has 1 heterocycles. The van der Waals surface area contributed by atoms with Crippen molar-refractivity contribution >= 4 is 11.8 Å². The van der Waals surface area contributed by atoms with Crippen LogP contribution in [-0.2, 0) is 6.54 Å². The molecule has 0 amide bonds. The van der Waals surface area contributed by atoms with Crippen molar-refractivity contribution in [2.45, 2.75) is 56.0 Å². The summed E-state index contributed by atoms with van der Waals surface area (Å²) in [5.41, 5.74) is 1.35. The second-order valence-corrected chi connectivity index (χ2v) is 5.89. The Morgan fingerprint density at radius 3 is 3.06 bits per heavy atom. The van der Waals surface area contributed by atoms with Gasteiger partial charge in [-0.05, 0) is 30.9 Å². The summed E-state index contributed by atoms with van der Waals surface area (Å²) in [6.45, 7) is 5.46. The normalized spacial score (nSPS) is 17.4. The van der Waals surface area contributed by atoms with Crippen molar-refractivity contribution in [1.82, 2.24) is 10.3 Å². The summed E-state index contributed by atoms with van der Waals surface area (Å²) in [5, 5.41) is 5.40. The number of pyridine rings is 1. The summed E-state index contributed by atoms with van der Waals surface area (Å²) in [6.07, 6.45) is 5.77. The molecule has 1 atom stereocenters. The summed E-state index contributed by atoms with van der Waals surface area (Å²) in [5.74, 6) is 0. The van der Waals surface area contributed by atoms with Crippen molar-refractivity contribution in [1.29, 1.82) is 0 Å². The van der Waals surface area contributed by atoms with E-state index < -0.39 is 0 Å². The maximum absolute atomic E-state index is 4.49. The molecule has 1 N–H and O–H groups in total. The van der Waals surface area contributed by atoms with Crippen molar-refractivity contribution in [3.8, 4) is 0 Å². The Morgan fingerprint density at radius 1 is 1.56 bits per heavy atom. The minimum Gasteiger partial charge on any atom is -0.310 e. The standard InChI is InChI=1S/C13H20N2S/c1-3-10(2)16-13-11(5-4-8-14-13)9-15-12-6-7-12/h4-5,8,10,12,15H,3,6-7,9H2,1-2H3. The molecule has 0 radical (unpaired) electrons. The van der Waals surface area contributed by atoms with Gasteiger partial charge in [0, 0.05) is 24.0 Å². The Hall–Kier alpha value is -0.540. The summed E-state index contributed by atoms with van der Waals surface area (Å²) in [6, 6.07) is 4.99. The van der Waals surface area contributed by atoms with Crippen LogP contribution >= 0.6 is 11.8 Å². The van der Waals surface area contributed by atoms with Gasteiger partial charge in [-0.2, -0.15) is 0 Å². The predicted molar refractivity (Wildman–Crippen MR) is 69.7 cm³/mol. The highest BCUT2D eigenvalue weighted by atomic mass is 32.2. The van der Waals surface area contributed by atoms with E-state index in [4.69, 9.17) is 0 Å². The molecule has 0 saturated heterocycles. The zero-order valence-corrected chi connectivity index (χ0v) is 10.9. The molecular formula is C13H20N2S. The Morgan fingerprint density at radius 2 is 2.38 bits per heavy atom. The molecule has 2 nitrogen and oxygen atoms in total. The average molecular weight is 236 g/mol. The number of aromatic nitrogens is 1. The lowest BCUT2D eigenvalue weighted by atomic mass is 10.3. The predicted octanol–water partition coefficient (Wildman–Crippen LogP) is 3.22. The molecular weight excluding hydrogens is 216 g/mol. The van der Waals surface area contributed by atoms with Crippen LogP contribution in [-0.4, -0.2) is 16.3 Å². The van der Waals surface area contributed by atoms with E-state index in [0.717, 1.165) is 12.6 Å². The summed E-state index contributed by atoms with van der Waals surface area (Å²) >= 11 is 1.89. The van der Waals surface area contributed by atoms with Gasteiger partial charge in [-0.15, -0.1) is 11.8 Å². The van der Waals surface area contributed by atoms with Crippen molar-refractivity contribution in [3.05, 3.63) is 23.9 Å². The molecule has 88 valence electrons. The van der Waals surface area contributed by atoms with E-state index in [9.17, 15) is 0 Å². The Balaban J connectivity index is 1.97. The topological polar surface area (TPSA) is 24.9 Å². The number of nitrogens with zero attached hydrogens (tertiary/aromatic N) is 1. The second kappa shape index (κ2) is 5.69. The van der Waals surface area contributed by atoms with Crippen LogP contribution in [0.4, 0.5) is 0 Å². The number of rotatable bonds is 6. The summed E-state index contributed by atoms with van der Waals surface area (Å²) in [4.78, 5) is 4.49. The molecule has 1 saturated carbocycles. The lowest BCUT2D eigenvalue weighted by Crippen LogP contribution is -2.16. The first kappa shape index (κ1) is 11.9. The first-order chi connectivity index (χ1) is 7.79. The van der Waals surface area contributed by atoms with Crippen molar-refractivity contribution in [2.75, 3.05) is 0 Å². The first-order valence-corrected chi connectivity index (χ1v) is 7.01.